The molecule has 0 aromatic heterocycles. The van der Waals surface area contributed by atoms with Crippen LogP contribution in [0.5, 0.6) is 5.75 Å². The molecule has 0 unspecified atom stereocenters. The molecule has 0 radical (unpaired) electrons. The van der Waals surface area contributed by atoms with Gasteiger partial charge in [-0.15, -0.1) is 0 Å². The van der Waals surface area contributed by atoms with Crippen molar-refractivity contribution < 1.29 is 39.9 Å². The number of aliphatic hydroxyl groups excluding tert-OH is 3. The van der Waals surface area contributed by atoms with Crippen LogP contribution in [0.25, 0.3) is 5.76 Å². The van der Waals surface area contributed by atoms with Gasteiger partial charge in [-0.1, -0.05) is 13.0 Å². The third kappa shape index (κ3) is 2.17. The van der Waals surface area contributed by atoms with E-state index in [0.29, 0.717) is 5.56 Å². The summed E-state index contributed by atoms with van der Waals surface area (Å²) in [5.41, 5.74) is 6.83. The third-order valence-electron chi connectivity index (χ3n) is 6.53. The predicted octanol–water partition coefficient (Wildman–Crippen LogP) is -0.462. The van der Waals surface area contributed by atoms with Crippen LogP contribution in [-0.4, -0.2) is 54.7 Å². The molecule has 1 saturated carbocycles. The van der Waals surface area contributed by atoms with Crippen LogP contribution in [0.1, 0.15) is 30.4 Å². The Morgan fingerprint density at radius 3 is 2.43 bits per heavy atom. The average molecular weight is 416 g/mol. The number of nitrogens with two attached hydrogens (primary N) is 2. The fraction of sp³-hybridized carbons (Fsp3) is 0.350. The van der Waals surface area contributed by atoms with Gasteiger partial charge in [0.2, 0.25) is 5.78 Å². The molecule has 10 heteroatoms. The van der Waals surface area contributed by atoms with Crippen LogP contribution in [-0.2, 0) is 14.4 Å². The molecule has 0 aliphatic heterocycles. The summed E-state index contributed by atoms with van der Waals surface area (Å²) < 4.78 is 0. The zero-order valence-corrected chi connectivity index (χ0v) is 15.8. The van der Waals surface area contributed by atoms with Gasteiger partial charge in [-0.2, -0.15) is 0 Å². The van der Waals surface area contributed by atoms with Crippen molar-refractivity contribution >= 4 is 28.9 Å². The number of benzene rings is 1. The lowest BCUT2D eigenvalue weighted by Gasteiger charge is -2.50. The molecule has 10 nitrogen and oxygen atoms in total. The molecule has 0 spiro atoms. The first-order chi connectivity index (χ1) is 13.9. The second-order valence-corrected chi connectivity index (χ2v) is 7.95. The van der Waals surface area contributed by atoms with E-state index in [1.165, 1.54) is 12.1 Å². The first kappa shape index (κ1) is 19.9. The molecule has 3 aliphatic rings. The molecular formula is C20H20N2O8. The summed E-state index contributed by atoms with van der Waals surface area (Å²) in [6.45, 7) is 1.64. The van der Waals surface area contributed by atoms with E-state index < -0.39 is 81.8 Å². The zero-order valence-electron chi connectivity index (χ0n) is 15.8. The lowest BCUT2D eigenvalue weighted by molar-refractivity contribution is -0.160. The van der Waals surface area contributed by atoms with Crippen molar-refractivity contribution in [2.75, 3.05) is 5.73 Å². The summed E-state index contributed by atoms with van der Waals surface area (Å²) in [5.74, 6) is -9.01. The second kappa shape index (κ2) is 6.07. The SMILES string of the molecule is C[C@H]1c2ccc(N)c(O)c2C(O)=C2C(=O)[C@]3(O)C(O)=C(C(N)=O)C(=O)C[C@@H]3[C@H](O)[C@@H]21. The van der Waals surface area contributed by atoms with Gasteiger partial charge in [0, 0.05) is 23.8 Å². The van der Waals surface area contributed by atoms with Gasteiger partial charge in [-0.05, 0) is 17.5 Å². The Bertz CT molecular complexity index is 1100. The summed E-state index contributed by atoms with van der Waals surface area (Å²) in [4.78, 5) is 37.3. The van der Waals surface area contributed by atoms with Gasteiger partial charge in [0.15, 0.2) is 11.4 Å². The highest BCUT2D eigenvalue weighted by Crippen LogP contribution is 2.55. The molecule has 0 saturated heterocycles. The van der Waals surface area contributed by atoms with Crippen LogP contribution in [0.2, 0.25) is 0 Å². The van der Waals surface area contributed by atoms with Gasteiger partial charge in [0.25, 0.3) is 5.91 Å². The first-order valence-corrected chi connectivity index (χ1v) is 9.21. The molecule has 1 aromatic carbocycles. The summed E-state index contributed by atoms with van der Waals surface area (Å²) in [6.07, 6.45) is -2.16. The van der Waals surface area contributed by atoms with E-state index in [1.54, 1.807) is 6.92 Å². The van der Waals surface area contributed by atoms with Crippen LogP contribution in [0.3, 0.4) is 0 Å². The fourth-order valence-electron chi connectivity index (χ4n) is 5.01. The van der Waals surface area contributed by atoms with Gasteiger partial charge in [-0.25, -0.2) is 0 Å². The molecule has 5 atom stereocenters. The topological polar surface area (TPSA) is 204 Å². The maximum absolute atomic E-state index is 13.4. The number of rotatable bonds is 1. The van der Waals surface area contributed by atoms with Gasteiger partial charge < -0.3 is 37.0 Å². The number of nitrogen functional groups attached to an aromatic ring is 1. The Balaban J connectivity index is 2.03. The van der Waals surface area contributed by atoms with Crippen molar-refractivity contribution in [3.05, 3.63) is 40.2 Å². The average Bonchev–Trinajstić information content (AvgIpc) is 2.67. The van der Waals surface area contributed by atoms with E-state index in [2.05, 4.69) is 0 Å². The summed E-state index contributed by atoms with van der Waals surface area (Å²) in [5, 5.41) is 53.9. The van der Waals surface area contributed by atoms with E-state index >= 15 is 0 Å². The number of ketones is 2. The van der Waals surface area contributed by atoms with Gasteiger partial charge in [0.05, 0.1) is 17.4 Å². The number of hydrogen-bond acceptors (Lipinski definition) is 9. The monoisotopic (exact) mass is 416 g/mol. The molecule has 0 bridgehead atoms. The summed E-state index contributed by atoms with van der Waals surface area (Å²) in [6, 6.07) is 2.95. The van der Waals surface area contributed by atoms with Crippen LogP contribution in [0, 0.1) is 11.8 Å². The van der Waals surface area contributed by atoms with Crippen molar-refractivity contribution in [1.82, 2.24) is 0 Å². The molecule has 30 heavy (non-hydrogen) atoms. The third-order valence-corrected chi connectivity index (χ3v) is 6.53. The number of amides is 1. The van der Waals surface area contributed by atoms with Crippen molar-refractivity contribution in [2.24, 2.45) is 17.6 Å². The van der Waals surface area contributed by atoms with Crippen molar-refractivity contribution in [3.8, 4) is 5.75 Å². The van der Waals surface area contributed by atoms with Crippen molar-refractivity contribution in [1.29, 1.82) is 0 Å². The number of hydrogen-bond donors (Lipinski definition) is 7. The van der Waals surface area contributed by atoms with E-state index in [-0.39, 0.29) is 11.3 Å². The maximum atomic E-state index is 13.4. The van der Waals surface area contributed by atoms with Crippen molar-refractivity contribution in [3.63, 3.8) is 0 Å². The molecule has 9 N–H and O–H groups in total. The number of carbonyl (C=O) groups is 3. The van der Waals surface area contributed by atoms with Gasteiger partial charge in [-0.3, -0.25) is 14.4 Å². The van der Waals surface area contributed by atoms with Crippen LogP contribution in [0.15, 0.2) is 29.0 Å². The lowest BCUT2D eigenvalue weighted by Crippen LogP contribution is -2.63. The minimum Gasteiger partial charge on any atom is -0.508 e. The Kier molecular flexibility index (Phi) is 4.03. The van der Waals surface area contributed by atoms with E-state index in [0.717, 1.165) is 0 Å². The Morgan fingerprint density at radius 2 is 1.83 bits per heavy atom. The minimum absolute atomic E-state index is 0.0611. The molecule has 1 fully saturated rings. The maximum Gasteiger partial charge on any atom is 0.255 e. The molecule has 3 aliphatic carbocycles. The van der Waals surface area contributed by atoms with E-state index in [9.17, 15) is 39.9 Å². The zero-order chi connectivity index (χ0) is 22.3. The second-order valence-electron chi connectivity index (χ2n) is 7.95. The molecule has 4 rings (SSSR count). The predicted molar refractivity (Wildman–Crippen MR) is 102 cm³/mol. The quantitative estimate of drug-likeness (QED) is 0.179. The number of Topliss-reactive ketones (excluding diaryl/α,β-unsaturated/α-hetero) is 2. The van der Waals surface area contributed by atoms with Crippen LogP contribution in [0.4, 0.5) is 5.69 Å². The minimum atomic E-state index is -2.84. The Morgan fingerprint density at radius 1 is 1.20 bits per heavy atom. The highest BCUT2D eigenvalue weighted by molar-refractivity contribution is 6.23. The van der Waals surface area contributed by atoms with Gasteiger partial charge >= 0.3 is 0 Å². The smallest absolute Gasteiger partial charge is 0.255 e. The number of phenols is 1. The fourth-order valence-corrected chi connectivity index (χ4v) is 5.01. The molecule has 158 valence electrons. The van der Waals surface area contributed by atoms with Crippen molar-refractivity contribution in [2.45, 2.75) is 31.0 Å². The number of carbonyl (C=O) groups excluding carboxylic acids is 3. The molecule has 0 heterocycles. The highest BCUT2D eigenvalue weighted by atomic mass is 16.4. The molecular weight excluding hydrogens is 396 g/mol. The lowest BCUT2D eigenvalue weighted by atomic mass is 9.55. The standard InChI is InChI=1S/C20H20N2O8/c1-5-6-2-3-8(21)15(25)11(6)16(26)13-10(5)14(24)7-4-9(23)12(19(22)29)17(27)20(7,30)18(13)28/h2-3,5,7,10,14,24-27,30H,4,21H2,1H3,(H2,22,29)/t5-,7+,10+,14-,20+/m0/s1. The first-order valence-electron chi connectivity index (χ1n) is 9.21. The summed E-state index contributed by atoms with van der Waals surface area (Å²) in [7, 11) is 0. The largest absolute Gasteiger partial charge is 0.508 e. The van der Waals surface area contributed by atoms with Crippen LogP contribution >= 0.6 is 0 Å². The number of aliphatic hydroxyl groups is 4. The number of fused-ring (bicyclic) bond motifs is 3. The highest BCUT2D eigenvalue weighted by Gasteiger charge is 2.64. The number of aromatic hydroxyl groups is 1. The van der Waals surface area contributed by atoms with Crippen LogP contribution < -0.4 is 11.5 Å². The number of primary amides is 1. The van der Waals surface area contributed by atoms with E-state index in [1.807, 2.05) is 0 Å². The Hall–Kier alpha value is -3.37. The molecule has 1 amide bonds. The number of anilines is 1. The Labute approximate surface area is 169 Å². The normalized spacial score (nSPS) is 33.2. The summed E-state index contributed by atoms with van der Waals surface area (Å²) >= 11 is 0. The van der Waals surface area contributed by atoms with E-state index in [4.69, 9.17) is 11.5 Å². The molecule has 1 aromatic rings. The number of phenolic OH excluding ortho intramolecular Hbond substituents is 1. The van der Waals surface area contributed by atoms with Gasteiger partial charge in [0.1, 0.15) is 22.8 Å².